The Morgan fingerprint density at radius 2 is 1.68 bits per heavy atom. The highest BCUT2D eigenvalue weighted by molar-refractivity contribution is 7.09. The summed E-state index contributed by atoms with van der Waals surface area (Å²) in [5.41, 5.74) is 6.28. The van der Waals surface area contributed by atoms with Gasteiger partial charge >= 0.3 is 0 Å². The number of carbonyl (C=O) groups excluding carboxylic acids is 3. The highest BCUT2D eigenvalue weighted by Crippen LogP contribution is 2.32. The zero-order chi connectivity index (χ0) is 26.6. The van der Waals surface area contributed by atoms with Gasteiger partial charge in [-0.25, -0.2) is 9.97 Å². The van der Waals surface area contributed by atoms with Crippen molar-refractivity contribution in [3.63, 3.8) is 0 Å². The van der Waals surface area contributed by atoms with Gasteiger partial charge in [-0.15, -0.1) is 11.3 Å². The summed E-state index contributed by atoms with van der Waals surface area (Å²) in [6.45, 7) is 1.10. The van der Waals surface area contributed by atoms with E-state index in [4.69, 9.17) is 16.3 Å². The molecule has 0 unspecified atom stereocenters. The summed E-state index contributed by atoms with van der Waals surface area (Å²) < 4.78 is 5.48. The van der Waals surface area contributed by atoms with Crippen molar-refractivity contribution in [1.29, 1.82) is 0 Å². The molecule has 3 amide bonds. The molecule has 1 fully saturated rings. The number of aromatic nitrogens is 2. The molecule has 194 valence electrons. The van der Waals surface area contributed by atoms with Crippen LogP contribution in [0, 0.1) is 0 Å². The first-order valence-electron chi connectivity index (χ1n) is 12.0. The van der Waals surface area contributed by atoms with E-state index in [1.165, 1.54) is 11.3 Å². The number of methoxy groups -OCH3 is 1. The molecule has 3 heterocycles. The quantitative estimate of drug-likeness (QED) is 0.356. The molecule has 9 nitrogen and oxygen atoms in total. The van der Waals surface area contributed by atoms with Crippen molar-refractivity contribution in [3.05, 3.63) is 87.0 Å². The largest absolute Gasteiger partial charge is 0.496 e. The van der Waals surface area contributed by atoms with Gasteiger partial charge in [-0.2, -0.15) is 0 Å². The SMILES string of the molecule is COc1cc(C(=O)N2CCC(c3nc(C(=O)NNC(=O)c4ccccc4Cl)cs3)CC2)nc2ccccc12. The number of ether oxygens (including phenoxy) is 1. The number of amides is 3. The molecule has 0 radical (unpaired) electrons. The summed E-state index contributed by atoms with van der Waals surface area (Å²) >= 11 is 7.42. The van der Waals surface area contributed by atoms with Gasteiger partial charge in [-0.05, 0) is 37.1 Å². The summed E-state index contributed by atoms with van der Waals surface area (Å²) in [7, 11) is 1.58. The van der Waals surface area contributed by atoms with E-state index in [2.05, 4.69) is 20.8 Å². The molecule has 0 bridgehead atoms. The topological polar surface area (TPSA) is 114 Å². The smallest absolute Gasteiger partial charge is 0.289 e. The number of nitrogens with zero attached hydrogens (tertiary/aromatic N) is 3. The number of fused-ring (bicyclic) bond motifs is 1. The third-order valence-electron chi connectivity index (χ3n) is 6.41. The highest BCUT2D eigenvalue weighted by atomic mass is 35.5. The Labute approximate surface area is 227 Å². The van der Waals surface area contributed by atoms with E-state index in [1.807, 2.05) is 24.3 Å². The first-order valence-corrected chi connectivity index (χ1v) is 13.2. The standard InChI is InChI=1S/C27H24ClN5O4S/c1-37-23-14-21(29-20-9-5-3-7-18(20)23)27(36)33-12-10-16(11-13-33)26-30-22(15-38-26)25(35)32-31-24(34)17-6-2-4-8-19(17)28/h2-9,14-16H,10-13H2,1H3,(H,31,34)(H,32,35). The molecule has 0 spiro atoms. The fourth-order valence-electron chi connectivity index (χ4n) is 4.38. The van der Waals surface area contributed by atoms with E-state index in [0.717, 1.165) is 10.4 Å². The number of benzene rings is 2. The van der Waals surface area contributed by atoms with Crippen LogP contribution in [0.4, 0.5) is 0 Å². The molecule has 0 aliphatic carbocycles. The van der Waals surface area contributed by atoms with Crippen molar-refractivity contribution in [2.45, 2.75) is 18.8 Å². The first kappa shape index (κ1) is 25.6. The van der Waals surface area contributed by atoms with Crippen molar-refractivity contribution in [2.75, 3.05) is 20.2 Å². The van der Waals surface area contributed by atoms with Crippen LogP contribution in [0.3, 0.4) is 0 Å². The van der Waals surface area contributed by atoms with Crippen molar-refractivity contribution in [3.8, 4) is 5.75 Å². The molecule has 0 atom stereocenters. The van der Waals surface area contributed by atoms with Gasteiger partial charge < -0.3 is 9.64 Å². The number of rotatable bonds is 5. The van der Waals surface area contributed by atoms with Crippen LogP contribution in [-0.2, 0) is 0 Å². The van der Waals surface area contributed by atoms with E-state index in [9.17, 15) is 14.4 Å². The lowest BCUT2D eigenvalue weighted by Crippen LogP contribution is -2.42. The van der Waals surface area contributed by atoms with Crippen LogP contribution < -0.4 is 15.6 Å². The Kier molecular flexibility index (Phi) is 7.52. The molecule has 2 aromatic heterocycles. The number of hydrogen-bond donors (Lipinski definition) is 2. The van der Waals surface area contributed by atoms with Crippen molar-refractivity contribution in [1.82, 2.24) is 25.7 Å². The molecule has 1 saturated heterocycles. The first-order chi connectivity index (χ1) is 18.4. The van der Waals surface area contributed by atoms with E-state index in [-0.39, 0.29) is 28.1 Å². The number of halogens is 1. The second-order valence-electron chi connectivity index (χ2n) is 8.75. The molecular weight excluding hydrogens is 526 g/mol. The summed E-state index contributed by atoms with van der Waals surface area (Å²) in [6, 6.07) is 15.8. The van der Waals surface area contributed by atoms with Gasteiger partial charge in [0.25, 0.3) is 17.7 Å². The van der Waals surface area contributed by atoms with Crippen molar-refractivity contribution < 1.29 is 19.1 Å². The molecular formula is C27H24ClN5O4S. The van der Waals surface area contributed by atoms with Crippen molar-refractivity contribution in [2.24, 2.45) is 0 Å². The monoisotopic (exact) mass is 549 g/mol. The number of hydrogen-bond acceptors (Lipinski definition) is 7. The maximum Gasteiger partial charge on any atom is 0.289 e. The Hall–Kier alpha value is -4.02. The number of para-hydroxylation sites is 1. The average molecular weight is 550 g/mol. The number of likely N-dealkylation sites (tertiary alicyclic amines) is 1. The Morgan fingerprint density at radius 3 is 2.45 bits per heavy atom. The lowest BCUT2D eigenvalue weighted by atomic mass is 9.97. The fraction of sp³-hybridized carbons (Fsp3) is 0.222. The third kappa shape index (κ3) is 5.32. The molecule has 1 aliphatic rings. The number of hydrazine groups is 1. The van der Waals surface area contributed by atoms with Crippen molar-refractivity contribution >= 4 is 51.6 Å². The van der Waals surface area contributed by atoms with Gasteiger partial charge in [0.05, 0.1) is 28.2 Å². The number of thiazole rings is 1. The van der Waals surface area contributed by atoms with Crippen LogP contribution in [-0.4, -0.2) is 52.8 Å². The molecule has 2 N–H and O–H groups in total. The predicted molar refractivity (Wildman–Crippen MR) is 145 cm³/mol. The number of carbonyl (C=O) groups is 3. The Balaban J connectivity index is 1.18. The molecule has 1 aliphatic heterocycles. The Morgan fingerprint density at radius 1 is 0.974 bits per heavy atom. The van der Waals surface area contributed by atoms with Gasteiger partial charge in [0.2, 0.25) is 0 Å². The highest BCUT2D eigenvalue weighted by Gasteiger charge is 2.28. The third-order valence-corrected chi connectivity index (χ3v) is 7.75. The lowest BCUT2D eigenvalue weighted by Gasteiger charge is -2.31. The maximum atomic E-state index is 13.2. The van der Waals surface area contributed by atoms with E-state index in [1.54, 1.807) is 47.7 Å². The van der Waals surface area contributed by atoms with Crippen LogP contribution in [0.15, 0.2) is 60.0 Å². The van der Waals surface area contributed by atoms with Gasteiger partial charge in [-0.1, -0.05) is 35.9 Å². The normalized spacial score (nSPS) is 13.8. The van der Waals surface area contributed by atoms with Gasteiger partial charge in [0, 0.05) is 35.8 Å². The maximum absolute atomic E-state index is 13.2. The van der Waals surface area contributed by atoms with Gasteiger partial charge in [-0.3, -0.25) is 25.2 Å². The van der Waals surface area contributed by atoms with E-state index in [0.29, 0.717) is 42.9 Å². The van der Waals surface area contributed by atoms with E-state index >= 15 is 0 Å². The van der Waals surface area contributed by atoms with E-state index < -0.39 is 11.8 Å². The molecule has 0 saturated carbocycles. The number of nitrogens with one attached hydrogen (secondary N) is 2. The zero-order valence-corrected chi connectivity index (χ0v) is 22.0. The second-order valence-corrected chi connectivity index (χ2v) is 10.0. The summed E-state index contributed by atoms with van der Waals surface area (Å²) in [4.78, 5) is 48.8. The minimum absolute atomic E-state index is 0.127. The summed E-state index contributed by atoms with van der Waals surface area (Å²) in [5, 5.41) is 3.63. The van der Waals surface area contributed by atoms with Crippen LogP contribution in [0.25, 0.3) is 10.9 Å². The molecule has 2 aromatic carbocycles. The second kappa shape index (κ2) is 11.2. The zero-order valence-electron chi connectivity index (χ0n) is 20.4. The molecule has 11 heteroatoms. The van der Waals surface area contributed by atoms with Gasteiger partial charge in [0.15, 0.2) is 0 Å². The average Bonchev–Trinajstić information content (AvgIpc) is 3.45. The number of piperidine rings is 1. The predicted octanol–water partition coefficient (Wildman–Crippen LogP) is 4.45. The molecule has 38 heavy (non-hydrogen) atoms. The van der Waals surface area contributed by atoms with Gasteiger partial charge in [0.1, 0.15) is 17.1 Å². The molecule has 5 rings (SSSR count). The Bertz CT molecular complexity index is 1520. The molecule has 4 aromatic rings. The van der Waals surface area contributed by atoms with Crippen LogP contribution in [0.1, 0.15) is 55.1 Å². The summed E-state index contributed by atoms with van der Waals surface area (Å²) in [5.74, 6) is -0.430. The number of pyridine rings is 1. The van der Waals surface area contributed by atoms with Crippen LogP contribution >= 0.6 is 22.9 Å². The lowest BCUT2D eigenvalue weighted by molar-refractivity contribution is 0.0706. The van der Waals surface area contributed by atoms with Crippen LogP contribution in [0.2, 0.25) is 5.02 Å². The minimum Gasteiger partial charge on any atom is -0.496 e. The fourth-order valence-corrected chi connectivity index (χ4v) is 5.58. The minimum atomic E-state index is -0.519. The summed E-state index contributed by atoms with van der Waals surface area (Å²) in [6.07, 6.45) is 1.43. The van der Waals surface area contributed by atoms with Crippen LogP contribution in [0.5, 0.6) is 5.75 Å².